The fraction of sp³-hybridized carbons (Fsp3) is 0.636. The zero-order chi connectivity index (χ0) is 10.7. The summed E-state index contributed by atoms with van der Waals surface area (Å²) in [5, 5.41) is 12.4. The summed E-state index contributed by atoms with van der Waals surface area (Å²) in [5.41, 5.74) is 0. The SMILES string of the molecule is CC1CNC(CO)CN1Cc1ccco1. The quantitative estimate of drug-likeness (QED) is 0.760. The summed E-state index contributed by atoms with van der Waals surface area (Å²) in [4.78, 5) is 2.33. The Hall–Kier alpha value is -0.840. The van der Waals surface area contributed by atoms with Gasteiger partial charge in [0.25, 0.3) is 0 Å². The first kappa shape index (κ1) is 10.7. The Morgan fingerprint density at radius 1 is 1.67 bits per heavy atom. The molecule has 4 nitrogen and oxygen atoms in total. The molecule has 15 heavy (non-hydrogen) atoms. The van der Waals surface area contributed by atoms with Crippen molar-refractivity contribution in [2.75, 3.05) is 19.7 Å². The number of aliphatic hydroxyl groups is 1. The van der Waals surface area contributed by atoms with Crippen LogP contribution < -0.4 is 5.32 Å². The molecule has 0 aromatic carbocycles. The van der Waals surface area contributed by atoms with Crippen molar-refractivity contribution in [1.82, 2.24) is 10.2 Å². The number of nitrogens with zero attached hydrogens (tertiary/aromatic N) is 1. The summed E-state index contributed by atoms with van der Waals surface area (Å²) in [6.45, 7) is 5.00. The Bertz CT molecular complexity index is 287. The second kappa shape index (κ2) is 4.79. The van der Waals surface area contributed by atoms with Crippen LogP contribution in [0.4, 0.5) is 0 Å². The van der Waals surface area contributed by atoms with E-state index >= 15 is 0 Å². The minimum Gasteiger partial charge on any atom is -0.468 e. The fourth-order valence-electron chi connectivity index (χ4n) is 1.94. The van der Waals surface area contributed by atoms with E-state index in [0.717, 1.165) is 25.4 Å². The van der Waals surface area contributed by atoms with Crippen molar-refractivity contribution >= 4 is 0 Å². The first-order chi connectivity index (χ1) is 7.29. The zero-order valence-electron chi connectivity index (χ0n) is 9.02. The molecule has 1 aliphatic heterocycles. The van der Waals surface area contributed by atoms with E-state index in [4.69, 9.17) is 9.52 Å². The normalized spacial score (nSPS) is 28.1. The predicted octanol–water partition coefficient (Wildman–Crippen LogP) is 0.434. The van der Waals surface area contributed by atoms with Crippen molar-refractivity contribution in [3.05, 3.63) is 24.2 Å². The van der Waals surface area contributed by atoms with E-state index < -0.39 is 0 Å². The average molecular weight is 210 g/mol. The first-order valence-electron chi connectivity index (χ1n) is 5.40. The smallest absolute Gasteiger partial charge is 0.117 e. The third-order valence-corrected chi connectivity index (χ3v) is 2.94. The maximum Gasteiger partial charge on any atom is 0.117 e. The Morgan fingerprint density at radius 2 is 2.53 bits per heavy atom. The second-order valence-corrected chi connectivity index (χ2v) is 4.15. The molecule has 1 aromatic rings. The van der Waals surface area contributed by atoms with Crippen molar-refractivity contribution in [3.63, 3.8) is 0 Å². The summed E-state index contributed by atoms with van der Waals surface area (Å²) in [7, 11) is 0. The van der Waals surface area contributed by atoms with Crippen molar-refractivity contribution in [2.45, 2.75) is 25.6 Å². The largest absolute Gasteiger partial charge is 0.468 e. The molecule has 4 heteroatoms. The molecule has 1 fully saturated rings. The van der Waals surface area contributed by atoms with Crippen LogP contribution in [0.1, 0.15) is 12.7 Å². The van der Waals surface area contributed by atoms with Crippen molar-refractivity contribution in [1.29, 1.82) is 0 Å². The number of hydrogen-bond acceptors (Lipinski definition) is 4. The van der Waals surface area contributed by atoms with Crippen LogP contribution in [0.5, 0.6) is 0 Å². The number of piperazine rings is 1. The molecular formula is C11H18N2O2. The molecule has 2 N–H and O–H groups in total. The second-order valence-electron chi connectivity index (χ2n) is 4.15. The molecule has 0 radical (unpaired) electrons. The number of furan rings is 1. The van der Waals surface area contributed by atoms with Gasteiger partial charge in [-0.3, -0.25) is 4.90 Å². The molecule has 0 spiro atoms. The van der Waals surface area contributed by atoms with Gasteiger partial charge in [0, 0.05) is 25.2 Å². The van der Waals surface area contributed by atoms with Crippen LogP contribution in [0.3, 0.4) is 0 Å². The third kappa shape index (κ3) is 2.59. The van der Waals surface area contributed by atoms with E-state index in [1.807, 2.05) is 12.1 Å². The van der Waals surface area contributed by atoms with Crippen LogP contribution in [0.15, 0.2) is 22.8 Å². The van der Waals surface area contributed by atoms with Gasteiger partial charge in [0.2, 0.25) is 0 Å². The van der Waals surface area contributed by atoms with Gasteiger partial charge in [-0.05, 0) is 19.1 Å². The Balaban J connectivity index is 1.94. The fourth-order valence-corrected chi connectivity index (χ4v) is 1.94. The lowest BCUT2D eigenvalue weighted by molar-refractivity contribution is 0.0966. The molecule has 2 unspecified atom stereocenters. The van der Waals surface area contributed by atoms with Crippen LogP contribution in [0.2, 0.25) is 0 Å². The molecule has 0 amide bonds. The van der Waals surface area contributed by atoms with E-state index in [-0.39, 0.29) is 12.6 Å². The summed E-state index contributed by atoms with van der Waals surface area (Å²) in [5.74, 6) is 0.987. The minimum absolute atomic E-state index is 0.191. The van der Waals surface area contributed by atoms with Crippen LogP contribution in [-0.4, -0.2) is 41.8 Å². The Labute approximate surface area is 89.9 Å². The average Bonchev–Trinajstić information content (AvgIpc) is 2.74. The molecule has 0 saturated carbocycles. The topological polar surface area (TPSA) is 48.6 Å². The Kier molecular flexibility index (Phi) is 3.41. The summed E-state index contributed by atoms with van der Waals surface area (Å²) in [6.07, 6.45) is 1.70. The molecule has 2 rings (SSSR count). The van der Waals surface area contributed by atoms with E-state index in [1.54, 1.807) is 6.26 Å². The van der Waals surface area contributed by atoms with Gasteiger partial charge in [-0.15, -0.1) is 0 Å². The molecule has 0 aliphatic carbocycles. The molecule has 1 saturated heterocycles. The molecule has 2 heterocycles. The van der Waals surface area contributed by atoms with Gasteiger partial charge < -0.3 is 14.8 Å². The summed E-state index contributed by atoms with van der Waals surface area (Å²) >= 11 is 0. The highest BCUT2D eigenvalue weighted by Gasteiger charge is 2.24. The molecule has 1 aromatic heterocycles. The molecule has 0 bridgehead atoms. The number of nitrogens with one attached hydrogen (secondary N) is 1. The molecule has 84 valence electrons. The van der Waals surface area contributed by atoms with Crippen LogP contribution in [-0.2, 0) is 6.54 Å². The number of rotatable bonds is 3. The molecular weight excluding hydrogens is 192 g/mol. The van der Waals surface area contributed by atoms with Crippen molar-refractivity contribution in [3.8, 4) is 0 Å². The highest BCUT2D eigenvalue weighted by atomic mass is 16.3. The van der Waals surface area contributed by atoms with Crippen LogP contribution in [0.25, 0.3) is 0 Å². The standard InChI is InChI=1S/C11H18N2O2/c1-9-5-12-10(8-14)6-13(9)7-11-3-2-4-15-11/h2-4,9-10,12,14H,5-8H2,1H3. The first-order valence-corrected chi connectivity index (χ1v) is 5.40. The lowest BCUT2D eigenvalue weighted by Gasteiger charge is -2.37. The van der Waals surface area contributed by atoms with E-state index in [9.17, 15) is 0 Å². The van der Waals surface area contributed by atoms with Gasteiger partial charge >= 0.3 is 0 Å². The maximum atomic E-state index is 9.11. The predicted molar refractivity (Wildman–Crippen MR) is 57.5 cm³/mol. The maximum absolute atomic E-state index is 9.11. The van der Waals surface area contributed by atoms with E-state index in [2.05, 4.69) is 17.1 Å². The highest BCUT2D eigenvalue weighted by molar-refractivity contribution is 4.99. The highest BCUT2D eigenvalue weighted by Crippen LogP contribution is 2.12. The van der Waals surface area contributed by atoms with E-state index in [1.165, 1.54) is 0 Å². The van der Waals surface area contributed by atoms with E-state index in [0.29, 0.717) is 6.04 Å². The zero-order valence-corrected chi connectivity index (χ0v) is 9.02. The van der Waals surface area contributed by atoms with Gasteiger partial charge in [0.05, 0.1) is 19.4 Å². The van der Waals surface area contributed by atoms with Gasteiger partial charge in [-0.2, -0.15) is 0 Å². The van der Waals surface area contributed by atoms with Crippen molar-refractivity contribution in [2.24, 2.45) is 0 Å². The van der Waals surface area contributed by atoms with Gasteiger partial charge in [0.1, 0.15) is 5.76 Å². The lowest BCUT2D eigenvalue weighted by atomic mass is 10.1. The molecule has 2 atom stereocenters. The molecule has 1 aliphatic rings. The lowest BCUT2D eigenvalue weighted by Crippen LogP contribution is -2.56. The summed E-state index contributed by atoms with van der Waals surface area (Å²) in [6, 6.07) is 4.57. The van der Waals surface area contributed by atoms with Crippen molar-refractivity contribution < 1.29 is 9.52 Å². The minimum atomic E-state index is 0.191. The van der Waals surface area contributed by atoms with Crippen LogP contribution >= 0.6 is 0 Å². The van der Waals surface area contributed by atoms with Crippen LogP contribution in [0, 0.1) is 0 Å². The number of hydrogen-bond donors (Lipinski definition) is 2. The van der Waals surface area contributed by atoms with Gasteiger partial charge in [0.15, 0.2) is 0 Å². The number of aliphatic hydroxyl groups excluding tert-OH is 1. The summed E-state index contributed by atoms with van der Waals surface area (Å²) < 4.78 is 5.33. The van der Waals surface area contributed by atoms with Gasteiger partial charge in [-0.25, -0.2) is 0 Å². The third-order valence-electron chi connectivity index (χ3n) is 2.94. The van der Waals surface area contributed by atoms with Gasteiger partial charge in [-0.1, -0.05) is 0 Å². The monoisotopic (exact) mass is 210 g/mol. The Morgan fingerprint density at radius 3 is 3.20 bits per heavy atom.